The average Bonchev–Trinajstić information content (AvgIpc) is 2.75. The Balaban J connectivity index is 2.14. The molecule has 0 bridgehead atoms. The summed E-state index contributed by atoms with van der Waals surface area (Å²) in [6, 6.07) is 0. The summed E-state index contributed by atoms with van der Waals surface area (Å²) < 4.78 is 5.18. The lowest BCUT2D eigenvalue weighted by Gasteiger charge is -2.18. The largest absolute Gasteiger partial charge is 0.339 e. The highest BCUT2D eigenvalue weighted by Gasteiger charge is 2.39. The van der Waals surface area contributed by atoms with Crippen LogP contribution < -0.4 is 5.73 Å². The van der Waals surface area contributed by atoms with Gasteiger partial charge in [0.2, 0.25) is 5.89 Å². The fourth-order valence-corrected chi connectivity index (χ4v) is 2.31. The molecule has 0 aromatic carbocycles. The van der Waals surface area contributed by atoms with Gasteiger partial charge in [0.1, 0.15) is 0 Å². The van der Waals surface area contributed by atoms with Crippen LogP contribution in [-0.4, -0.2) is 10.1 Å². The van der Waals surface area contributed by atoms with Crippen molar-refractivity contribution in [2.24, 2.45) is 11.7 Å². The van der Waals surface area contributed by atoms with Crippen molar-refractivity contribution >= 4 is 0 Å². The second-order valence-electron chi connectivity index (χ2n) is 4.77. The van der Waals surface area contributed by atoms with E-state index in [1.165, 1.54) is 0 Å². The highest BCUT2D eigenvalue weighted by molar-refractivity contribution is 5.07. The van der Waals surface area contributed by atoms with Gasteiger partial charge in [0, 0.05) is 6.42 Å². The number of nitrogens with two attached hydrogens (primary N) is 1. The van der Waals surface area contributed by atoms with Gasteiger partial charge in [-0.05, 0) is 31.6 Å². The van der Waals surface area contributed by atoms with Gasteiger partial charge in [-0.1, -0.05) is 19.0 Å². The maximum atomic E-state index is 6.30. The van der Waals surface area contributed by atoms with Crippen LogP contribution in [0.4, 0.5) is 0 Å². The lowest BCUT2D eigenvalue weighted by Crippen LogP contribution is -2.34. The molecule has 84 valence electrons. The van der Waals surface area contributed by atoms with Gasteiger partial charge in [-0.3, -0.25) is 0 Å². The zero-order valence-electron chi connectivity index (χ0n) is 9.49. The SMILES string of the molecule is CCCc1nc(C2(N)CCC(C)C2)no1. The predicted octanol–water partition coefficient (Wildman–Crippen LogP) is 2.00. The smallest absolute Gasteiger partial charge is 0.226 e. The monoisotopic (exact) mass is 209 g/mol. The Labute approximate surface area is 90.2 Å². The standard InChI is InChI=1S/C11H19N3O/c1-3-4-9-13-10(14-15-9)11(12)6-5-8(2)7-11/h8H,3-7,12H2,1-2H3. The summed E-state index contributed by atoms with van der Waals surface area (Å²) in [4.78, 5) is 4.39. The van der Waals surface area contributed by atoms with Crippen molar-refractivity contribution in [3.63, 3.8) is 0 Å². The molecule has 0 spiro atoms. The van der Waals surface area contributed by atoms with E-state index in [1.807, 2.05) is 0 Å². The molecule has 2 rings (SSSR count). The summed E-state index contributed by atoms with van der Waals surface area (Å²) in [5, 5.41) is 4.01. The molecule has 1 heterocycles. The highest BCUT2D eigenvalue weighted by atomic mass is 16.5. The third kappa shape index (κ3) is 2.04. The molecule has 2 unspecified atom stereocenters. The number of aromatic nitrogens is 2. The Morgan fingerprint density at radius 3 is 3.00 bits per heavy atom. The van der Waals surface area contributed by atoms with Gasteiger partial charge in [-0.25, -0.2) is 0 Å². The maximum Gasteiger partial charge on any atom is 0.226 e. The van der Waals surface area contributed by atoms with Gasteiger partial charge >= 0.3 is 0 Å². The van der Waals surface area contributed by atoms with Crippen LogP contribution in [0.2, 0.25) is 0 Å². The van der Waals surface area contributed by atoms with E-state index >= 15 is 0 Å². The number of hydrogen-bond acceptors (Lipinski definition) is 4. The summed E-state index contributed by atoms with van der Waals surface area (Å²) in [6.07, 6.45) is 4.97. The van der Waals surface area contributed by atoms with E-state index in [0.29, 0.717) is 11.7 Å². The molecule has 0 amide bonds. The van der Waals surface area contributed by atoms with Crippen LogP contribution in [0.25, 0.3) is 0 Å². The number of nitrogens with zero attached hydrogens (tertiary/aromatic N) is 2. The van der Waals surface area contributed by atoms with Crippen molar-refractivity contribution in [3.8, 4) is 0 Å². The molecule has 1 fully saturated rings. The van der Waals surface area contributed by atoms with Crippen LogP contribution in [0.1, 0.15) is 51.2 Å². The van der Waals surface area contributed by atoms with Gasteiger partial charge in [0.15, 0.2) is 5.82 Å². The molecule has 4 nitrogen and oxygen atoms in total. The minimum atomic E-state index is -0.338. The van der Waals surface area contributed by atoms with Gasteiger partial charge in [-0.15, -0.1) is 0 Å². The fraction of sp³-hybridized carbons (Fsp3) is 0.818. The molecule has 1 saturated carbocycles. The van der Waals surface area contributed by atoms with E-state index in [1.54, 1.807) is 0 Å². The molecule has 15 heavy (non-hydrogen) atoms. The summed E-state index contributed by atoms with van der Waals surface area (Å²) in [7, 11) is 0. The summed E-state index contributed by atoms with van der Waals surface area (Å²) in [6.45, 7) is 4.32. The summed E-state index contributed by atoms with van der Waals surface area (Å²) >= 11 is 0. The van der Waals surface area contributed by atoms with Gasteiger partial charge in [-0.2, -0.15) is 4.98 Å². The molecule has 1 aromatic rings. The van der Waals surface area contributed by atoms with Crippen molar-refractivity contribution in [1.82, 2.24) is 10.1 Å². The maximum absolute atomic E-state index is 6.30. The van der Waals surface area contributed by atoms with E-state index in [2.05, 4.69) is 24.0 Å². The van der Waals surface area contributed by atoms with Gasteiger partial charge in [0.25, 0.3) is 0 Å². The third-order valence-corrected chi connectivity index (χ3v) is 3.17. The first kappa shape index (κ1) is 10.6. The quantitative estimate of drug-likeness (QED) is 0.826. The van der Waals surface area contributed by atoms with Crippen molar-refractivity contribution < 1.29 is 4.52 Å². The second kappa shape index (κ2) is 3.93. The van der Waals surface area contributed by atoms with Gasteiger partial charge < -0.3 is 10.3 Å². The van der Waals surface area contributed by atoms with Crippen LogP contribution >= 0.6 is 0 Å². The molecule has 1 aromatic heterocycles. The van der Waals surface area contributed by atoms with Crippen molar-refractivity contribution in [1.29, 1.82) is 0 Å². The molecule has 1 aliphatic rings. The average molecular weight is 209 g/mol. The highest BCUT2D eigenvalue weighted by Crippen LogP contribution is 2.38. The number of hydrogen-bond donors (Lipinski definition) is 1. The molecule has 0 radical (unpaired) electrons. The minimum Gasteiger partial charge on any atom is -0.339 e. The van der Waals surface area contributed by atoms with Crippen LogP contribution in [0.5, 0.6) is 0 Å². The van der Waals surface area contributed by atoms with E-state index in [0.717, 1.165) is 38.0 Å². The van der Waals surface area contributed by atoms with E-state index in [4.69, 9.17) is 10.3 Å². The zero-order valence-corrected chi connectivity index (χ0v) is 9.49. The number of rotatable bonds is 3. The molecule has 2 N–H and O–H groups in total. The summed E-state index contributed by atoms with van der Waals surface area (Å²) in [5.74, 6) is 2.09. The topological polar surface area (TPSA) is 64.9 Å². The molecular formula is C11H19N3O. The van der Waals surface area contributed by atoms with Crippen LogP contribution in [0.15, 0.2) is 4.52 Å². The Hall–Kier alpha value is -0.900. The van der Waals surface area contributed by atoms with Crippen molar-refractivity contribution in [3.05, 3.63) is 11.7 Å². The van der Waals surface area contributed by atoms with Crippen molar-refractivity contribution in [2.75, 3.05) is 0 Å². The van der Waals surface area contributed by atoms with E-state index < -0.39 is 0 Å². The third-order valence-electron chi connectivity index (χ3n) is 3.17. The second-order valence-corrected chi connectivity index (χ2v) is 4.77. The minimum absolute atomic E-state index is 0.338. The molecule has 0 aliphatic heterocycles. The molecule has 4 heteroatoms. The fourth-order valence-electron chi connectivity index (χ4n) is 2.31. The Kier molecular flexibility index (Phi) is 2.78. The van der Waals surface area contributed by atoms with Crippen LogP contribution in [-0.2, 0) is 12.0 Å². The zero-order chi connectivity index (χ0) is 10.9. The Morgan fingerprint density at radius 2 is 2.40 bits per heavy atom. The number of aryl methyl sites for hydroxylation is 1. The van der Waals surface area contributed by atoms with E-state index in [9.17, 15) is 0 Å². The first-order valence-corrected chi connectivity index (χ1v) is 5.76. The normalized spacial score (nSPS) is 31.0. The van der Waals surface area contributed by atoms with Gasteiger partial charge in [0.05, 0.1) is 5.54 Å². The molecule has 1 aliphatic carbocycles. The lowest BCUT2D eigenvalue weighted by molar-refractivity contribution is 0.344. The molecule has 2 atom stereocenters. The van der Waals surface area contributed by atoms with Crippen LogP contribution in [0.3, 0.4) is 0 Å². The molecule has 0 saturated heterocycles. The van der Waals surface area contributed by atoms with Crippen molar-refractivity contribution in [2.45, 2.75) is 51.5 Å². The molecular weight excluding hydrogens is 190 g/mol. The lowest BCUT2D eigenvalue weighted by atomic mass is 9.97. The van der Waals surface area contributed by atoms with Crippen LogP contribution in [0, 0.1) is 5.92 Å². The summed E-state index contributed by atoms with van der Waals surface area (Å²) in [5.41, 5.74) is 5.96. The predicted molar refractivity (Wildman–Crippen MR) is 57.2 cm³/mol. The van der Waals surface area contributed by atoms with E-state index in [-0.39, 0.29) is 5.54 Å². The Bertz CT molecular complexity index is 336. The first-order chi connectivity index (χ1) is 7.14. The Morgan fingerprint density at radius 1 is 1.60 bits per heavy atom. The first-order valence-electron chi connectivity index (χ1n) is 5.76.